The van der Waals surface area contributed by atoms with Gasteiger partial charge in [-0.05, 0) is 67.8 Å². The molecule has 1 heterocycles. The zero-order valence-corrected chi connectivity index (χ0v) is 20.0. The number of fused-ring (bicyclic) bond motifs is 2. The number of ether oxygens (including phenoxy) is 2. The SMILES string of the molecule is O=S(=O)(NC1CCCC(N2c3ccccc3Oc3ccc(F)cc32)C1O)c1ccc(OC(F)(F)F)cc1. The molecule has 2 aliphatic rings. The van der Waals surface area contributed by atoms with E-state index >= 15 is 0 Å². The van der Waals surface area contributed by atoms with Gasteiger partial charge in [0.2, 0.25) is 10.0 Å². The number of sulfonamides is 1. The molecule has 0 bridgehead atoms. The number of benzene rings is 3. The van der Waals surface area contributed by atoms with Crippen molar-refractivity contribution >= 4 is 21.4 Å². The molecule has 0 amide bonds. The zero-order valence-electron chi connectivity index (χ0n) is 19.2. The van der Waals surface area contributed by atoms with Gasteiger partial charge in [-0.25, -0.2) is 17.5 Å². The Kier molecular flexibility index (Phi) is 6.50. The summed E-state index contributed by atoms with van der Waals surface area (Å²) in [6.07, 6.45) is -4.73. The first kappa shape index (κ1) is 25.3. The number of rotatable bonds is 5. The molecule has 0 radical (unpaired) electrons. The van der Waals surface area contributed by atoms with Crippen molar-refractivity contribution in [1.29, 1.82) is 0 Å². The van der Waals surface area contributed by atoms with Crippen molar-refractivity contribution in [3.8, 4) is 17.2 Å². The summed E-state index contributed by atoms with van der Waals surface area (Å²) < 4.78 is 89.6. The van der Waals surface area contributed by atoms with E-state index in [1.54, 1.807) is 29.2 Å². The number of aliphatic hydroxyl groups is 1. The van der Waals surface area contributed by atoms with Crippen molar-refractivity contribution in [2.75, 3.05) is 4.90 Å². The van der Waals surface area contributed by atoms with Gasteiger partial charge in [-0.1, -0.05) is 12.1 Å². The summed E-state index contributed by atoms with van der Waals surface area (Å²) in [6, 6.07) is 13.4. The Bertz CT molecular complexity index is 1400. The first-order valence-electron chi connectivity index (χ1n) is 11.4. The molecular formula is C25H22F4N2O5S. The fourth-order valence-electron chi connectivity index (χ4n) is 4.77. The van der Waals surface area contributed by atoms with Gasteiger partial charge in [-0.3, -0.25) is 0 Å². The van der Waals surface area contributed by atoms with Gasteiger partial charge in [0.1, 0.15) is 11.6 Å². The predicted molar refractivity (Wildman–Crippen MR) is 126 cm³/mol. The Morgan fingerprint density at radius 3 is 2.41 bits per heavy atom. The highest BCUT2D eigenvalue weighted by atomic mass is 32.2. The number of para-hydroxylation sites is 2. The predicted octanol–water partition coefficient (Wildman–Crippen LogP) is 5.23. The standard InChI is InChI=1S/C25H22F4N2O5S/c26-15-8-13-23-21(14-15)31(19-5-1-2-7-22(19)35-23)20-6-3-4-18(24(20)32)30-37(33,34)17-11-9-16(10-12-17)36-25(27,28)29/h1-2,5,7-14,18,20,24,30,32H,3-4,6H2. The number of aliphatic hydroxyl groups excluding tert-OH is 1. The molecular weight excluding hydrogens is 516 g/mol. The van der Waals surface area contributed by atoms with Crippen LogP contribution in [0.2, 0.25) is 0 Å². The minimum absolute atomic E-state index is 0.277. The van der Waals surface area contributed by atoms with E-state index in [0.29, 0.717) is 42.1 Å². The molecule has 12 heteroatoms. The van der Waals surface area contributed by atoms with Crippen LogP contribution in [0.1, 0.15) is 19.3 Å². The smallest absolute Gasteiger partial charge is 0.453 e. The van der Waals surface area contributed by atoms with E-state index in [1.165, 1.54) is 18.2 Å². The van der Waals surface area contributed by atoms with Crippen LogP contribution in [-0.2, 0) is 10.0 Å². The molecule has 5 rings (SSSR count). The number of alkyl halides is 3. The van der Waals surface area contributed by atoms with E-state index in [0.717, 1.165) is 24.3 Å². The highest BCUT2D eigenvalue weighted by Crippen LogP contribution is 2.49. The summed E-state index contributed by atoms with van der Waals surface area (Å²) in [5.74, 6) is -0.137. The maximum atomic E-state index is 14.2. The summed E-state index contributed by atoms with van der Waals surface area (Å²) in [5, 5.41) is 11.3. The first-order chi connectivity index (χ1) is 17.5. The average Bonchev–Trinajstić information content (AvgIpc) is 2.83. The van der Waals surface area contributed by atoms with Crippen LogP contribution in [0, 0.1) is 5.82 Å². The molecule has 0 spiro atoms. The van der Waals surface area contributed by atoms with Crippen molar-refractivity contribution in [3.63, 3.8) is 0 Å². The Balaban J connectivity index is 1.41. The van der Waals surface area contributed by atoms with E-state index in [2.05, 4.69) is 9.46 Å². The third-order valence-corrected chi connectivity index (χ3v) is 7.86. The molecule has 3 aromatic rings. The van der Waals surface area contributed by atoms with Crippen molar-refractivity contribution in [2.24, 2.45) is 0 Å². The van der Waals surface area contributed by atoms with Gasteiger partial charge in [0.05, 0.1) is 34.5 Å². The highest BCUT2D eigenvalue weighted by Gasteiger charge is 2.41. The average molecular weight is 539 g/mol. The van der Waals surface area contributed by atoms with Crippen LogP contribution >= 0.6 is 0 Å². The lowest BCUT2D eigenvalue weighted by molar-refractivity contribution is -0.274. The van der Waals surface area contributed by atoms with Crippen LogP contribution in [0.4, 0.5) is 28.9 Å². The molecule has 3 aromatic carbocycles. The van der Waals surface area contributed by atoms with E-state index in [-0.39, 0.29) is 4.90 Å². The second-order valence-corrected chi connectivity index (χ2v) is 10.5. The number of hydrogen-bond acceptors (Lipinski definition) is 6. The molecule has 1 saturated carbocycles. The maximum absolute atomic E-state index is 14.2. The summed E-state index contributed by atoms with van der Waals surface area (Å²) in [5.41, 5.74) is 1.01. The van der Waals surface area contributed by atoms with Gasteiger partial charge in [0, 0.05) is 6.07 Å². The largest absolute Gasteiger partial charge is 0.573 e. The maximum Gasteiger partial charge on any atom is 0.573 e. The van der Waals surface area contributed by atoms with Gasteiger partial charge in [-0.2, -0.15) is 0 Å². The second kappa shape index (κ2) is 9.51. The number of nitrogens with one attached hydrogen (secondary N) is 1. The first-order valence-corrected chi connectivity index (χ1v) is 12.9. The van der Waals surface area contributed by atoms with Crippen molar-refractivity contribution in [1.82, 2.24) is 4.72 Å². The second-order valence-electron chi connectivity index (χ2n) is 8.79. The summed E-state index contributed by atoms with van der Waals surface area (Å²) in [7, 11) is -4.19. The molecule has 0 aromatic heterocycles. The Labute approximate surface area is 210 Å². The van der Waals surface area contributed by atoms with E-state index in [9.17, 15) is 31.1 Å². The monoisotopic (exact) mass is 538 g/mol. The van der Waals surface area contributed by atoms with Gasteiger partial charge in [0.25, 0.3) is 0 Å². The molecule has 3 unspecified atom stereocenters. The zero-order chi connectivity index (χ0) is 26.4. The van der Waals surface area contributed by atoms with Crippen LogP contribution in [0.3, 0.4) is 0 Å². The minimum atomic E-state index is -4.90. The molecule has 1 fully saturated rings. The summed E-state index contributed by atoms with van der Waals surface area (Å²) in [6.45, 7) is 0. The van der Waals surface area contributed by atoms with Crippen LogP contribution in [-0.4, -0.2) is 38.1 Å². The van der Waals surface area contributed by atoms with Crippen LogP contribution in [0.5, 0.6) is 17.2 Å². The fraction of sp³-hybridized carbons (Fsp3) is 0.280. The van der Waals surface area contributed by atoms with Crippen molar-refractivity contribution in [2.45, 2.75) is 48.7 Å². The van der Waals surface area contributed by atoms with Gasteiger partial charge in [-0.15, -0.1) is 13.2 Å². The van der Waals surface area contributed by atoms with E-state index in [1.807, 2.05) is 0 Å². The molecule has 1 aliphatic carbocycles. The molecule has 1 aliphatic heterocycles. The van der Waals surface area contributed by atoms with Crippen LogP contribution < -0.4 is 19.1 Å². The topological polar surface area (TPSA) is 88.1 Å². The number of nitrogens with zero attached hydrogens (tertiary/aromatic N) is 1. The van der Waals surface area contributed by atoms with Crippen LogP contribution in [0.15, 0.2) is 71.6 Å². The van der Waals surface area contributed by atoms with E-state index in [4.69, 9.17) is 4.74 Å². The highest BCUT2D eigenvalue weighted by molar-refractivity contribution is 7.89. The van der Waals surface area contributed by atoms with Gasteiger partial charge >= 0.3 is 6.36 Å². The van der Waals surface area contributed by atoms with Crippen molar-refractivity contribution in [3.05, 3.63) is 72.5 Å². The van der Waals surface area contributed by atoms with Gasteiger partial charge in [0.15, 0.2) is 11.5 Å². The summed E-state index contributed by atoms with van der Waals surface area (Å²) in [4.78, 5) is 1.49. The normalized spacial score (nSPS) is 21.5. The third kappa shape index (κ3) is 5.22. The Morgan fingerprint density at radius 1 is 0.973 bits per heavy atom. The molecule has 2 N–H and O–H groups in total. The Morgan fingerprint density at radius 2 is 1.68 bits per heavy atom. The van der Waals surface area contributed by atoms with Gasteiger partial charge < -0.3 is 19.5 Å². The van der Waals surface area contributed by atoms with Crippen LogP contribution in [0.25, 0.3) is 0 Å². The lowest BCUT2D eigenvalue weighted by atomic mass is 9.86. The Hall–Kier alpha value is -3.35. The minimum Gasteiger partial charge on any atom is -0.453 e. The fourth-order valence-corrected chi connectivity index (χ4v) is 6.05. The quantitative estimate of drug-likeness (QED) is 0.433. The van der Waals surface area contributed by atoms with Crippen molar-refractivity contribution < 1.29 is 40.6 Å². The third-order valence-electron chi connectivity index (χ3n) is 6.35. The summed E-state index contributed by atoms with van der Waals surface area (Å²) >= 11 is 0. The molecule has 0 saturated heterocycles. The number of halogens is 4. The molecule has 37 heavy (non-hydrogen) atoms. The molecule has 196 valence electrons. The molecule has 3 atom stereocenters. The number of hydrogen-bond donors (Lipinski definition) is 2. The molecule has 7 nitrogen and oxygen atoms in total. The number of anilines is 2. The van der Waals surface area contributed by atoms with E-state index < -0.39 is 46.1 Å². The lowest BCUT2D eigenvalue weighted by Gasteiger charge is -2.44. The lowest BCUT2D eigenvalue weighted by Crippen LogP contribution is -2.56.